The molecule has 0 aliphatic rings. The molecule has 0 saturated carbocycles. The molecule has 4 heteroatoms. The number of amides is 1. The van der Waals surface area contributed by atoms with Crippen LogP contribution in [0.25, 0.3) is 0 Å². The Morgan fingerprint density at radius 1 is 1.38 bits per heavy atom. The molecule has 1 rings (SSSR count). The van der Waals surface area contributed by atoms with E-state index in [1.165, 1.54) is 11.3 Å². The summed E-state index contributed by atoms with van der Waals surface area (Å²) in [7, 11) is 3.46. The Kier molecular flexibility index (Phi) is 2.61. The van der Waals surface area contributed by atoms with E-state index in [0.29, 0.717) is 10.6 Å². The Bertz CT molecular complexity index is 342. The van der Waals surface area contributed by atoms with Gasteiger partial charge in [0.15, 0.2) is 0 Å². The van der Waals surface area contributed by atoms with Gasteiger partial charge in [0.2, 0.25) is 0 Å². The molecule has 0 aromatic carbocycles. The topological polar surface area (TPSA) is 46.3 Å². The van der Waals surface area contributed by atoms with Crippen LogP contribution in [0.5, 0.6) is 0 Å². The zero-order valence-electron chi connectivity index (χ0n) is 8.34. The maximum Gasteiger partial charge on any atom is 0.256 e. The summed E-state index contributed by atoms with van der Waals surface area (Å²) in [6, 6.07) is 0. The Hall–Kier alpha value is -1.03. The second-order valence-corrected chi connectivity index (χ2v) is 4.48. The molecule has 1 heterocycles. The number of anilines is 1. The van der Waals surface area contributed by atoms with E-state index in [4.69, 9.17) is 5.73 Å². The summed E-state index contributed by atoms with van der Waals surface area (Å²) in [4.78, 5) is 14.3. The van der Waals surface area contributed by atoms with E-state index in [9.17, 15) is 4.79 Å². The average Bonchev–Trinajstić information content (AvgIpc) is 2.26. The molecule has 0 fully saturated rings. The molecule has 0 radical (unpaired) electrons. The Morgan fingerprint density at radius 3 is 2.23 bits per heavy atom. The smallest absolute Gasteiger partial charge is 0.256 e. The maximum absolute atomic E-state index is 11.7. The van der Waals surface area contributed by atoms with E-state index >= 15 is 0 Å². The van der Waals surface area contributed by atoms with E-state index in [0.717, 1.165) is 10.4 Å². The van der Waals surface area contributed by atoms with Crippen LogP contribution in [0.1, 0.15) is 20.8 Å². The predicted octanol–water partition coefficient (Wildman–Crippen LogP) is 1.65. The SMILES string of the molecule is Cc1sc(N)c(C(=O)N(C)C)c1C. The largest absolute Gasteiger partial charge is 0.390 e. The lowest BCUT2D eigenvalue weighted by Crippen LogP contribution is -2.22. The van der Waals surface area contributed by atoms with Gasteiger partial charge in [0.25, 0.3) is 5.91 Å². The minimum atomic E-state index is -0.0145. The van der Waals surface area contributed by atoms with Gasteiger partial charge in [-0.15, -0.1) is 11.3 Å². The summed E-state index contributed by atoms with van der Waals surface area (Å²) >= 11 is 1.47. The predicted molar refractivity (Wildman–Crippen MR) is 56.2 cm³/mol. The highest BCUT2D eigenvalue weighted by atomic mass is 32.1. The molecule has 3 nitrogen and oxygen atoms in total. The maximum atomic E-state index is 11.7. The van der Waals surface area contributed by atoms with E-state index < -0.39 is 0 Å². The zero-order chi connectivity index (χ0) is 10.2. The first-order valence-corrected chi connectivity index (χ1v) is 4.84. The van der Waals surface area contributed by atoms with Crippen molar-refractivity contribution in [1.29, 1.82) is 0 Å². The molecular weight excluding hydrogens is 184 g/mol. The van der Waals surface area contributed by atoms with Crippen molar-refractivity contribution in [2.45, 2.75) is 13.8 Å². The second kappa shape index (κ2) is 3.38. The third-order valence-corrected chi connectivity index (χ3v) is 3.07. The molecule has 1 aromatic rings. The fourth-order valence-corrected chi connectivity index (χ4v) is 2.07. The number of carbonyl (C=O) groups excluding carboxylic acids is 1. The number of hydrogen-bond donors (Lipinski definition) is 1. The molecular formula is C9H14N2OS. The molecule has 2 N–H and O–H groups in total. The number of nitrogen functional groups attached to an aromatic ring is 1. The third kappa shape index (κ3) is 1.67. The number of nitrogens with zero attached hydrogens (tertiary/aromatic N) is 1. The van der Waals surface area contributed by atoms with Crippen LogP contribution in [-0.4, -0.2) is 24.9 Å². The van der Waals surface area contributed by atoms with Gasteiger partial charge >= 0.3 is 0 Å². The van der Waals surface area contributed by atoms with E-state index in [-0.39, 0.29) is 5.91 Å². The van der Waals surface area contributed by atoms with Gasteiger partial charge in [-0.05, 0) is 19.4 Å². The lowest BCUT2D eigenvalue weighted by Gasteiger charge is -2.10. The molecule has 0 spiro atoms. The van der Waals surface area contributed by atoms with Gasteiger partial charge in [0, 0.05) is 19.0 Å². The Labute approximate surface area is 82.2 Å². The van der Waals surface area contributed by atoms with E-state index in [1.807, 2.05) is 13.8 Å². The Morgan fingerprint density at radius 2 is 1.92 bits per heavy atom. The highest BCUT2D eigenvalue weighted by molar-refractivity contribution is 7.16. The summed E-state index contributed by atoms with van der Waals surface area (Å²) in [5.74, 6) is -0.0145. The first-order valence-electron chi connectivity index (χ1n) is 4.02. The van der Waals surface area contributed by atoms with Crippen LogP contribution in [0.15, 0.2) is 0 Å². The van der Waals surface area contributed by atoms with Gasteiger partial charge in [-0.25, -0.2) is 0 Å². The quantitative estimate of drug-likeness (QED) is 0.745. The summed E-state index contributed by atoms with van der Waals surface area (Å²) in [5, 5.41) is 0.619. The highest BCUT2D eigenvalue weighted by Crippen LogP contribution is 2.30. The standard InChI is InChI=1S/C9H14N2OS/c1-5-6(2)13-8(10)7(5)9(12)11(3)4/h10H2,1-4H3. The van der Waals surface area contributed by atoms with Crippen molar-refractivity contribution in [3.8, 4) is 0 Å². The minimum Gasteiger partial charge on any atom is -0.390 e. The van der Waals surface area contributed by atoms with Gasteiger partial charge in [0.05, 0.1) is 10.6 Å². The van der Waals surface area contributed by atoms with Gasteiger partial charge in [-0.3, -0.25) is 4.79 Å². The zero-order valence-corrected chi connectivity index (χ0v) is 9.16. The van der Waals surface area contributed by atoms with Crippen LogP contribution in [0.2, 0.25) is 0 Å². The van der Waals surface area contributed by atoms with Crippen molar-refractivity contribution in [3.63, 3.8) is 0 Å². The van der Waals surface area contributed by atoms with Gasteiger partial charge in [0.1, 0.15) is 0 Å². The number of carbonyl (C=O) groups is 1. The highest BCUT2D eigenvalue weighted by Gasteiger charge is 2.18. The van der Waals surface area contributed by atoms with Crippen molar-refractivity contribution in [2.24, 2.45) is 0 Å². The van der Waals surface area contributed by atoms with Crippen LogP contribution in [0, 0.1) is 13.8 Å². The number of rotatable bonds is 1. The lowest BCUT2D eigenvalue weighted by molar-refractivity contribution is 0.0828. The van der Waals surface area contributed by atoms with Gasteiger partial charge < -0.3 is 10.6 Å². The van der Waals surface area contributed by atoms with Crippen LogP contribution < -0.4 is 5.73 Å². The molecule has 0 aliphatic carbocycles. The van der Waals surface area contributed by atoms with Crippen molar-refractivity contribution in [2.75, 3.05) is 19.8 Å². The normalized spacial score (nSPS) is 10.2. The molecule has 0 bridgehead atoms. The van der Waals surface area contributed by atoms with Gasteiger partial charge in [-0.2, -0.15) is 0 Å². The van der Waals surface area contributed by atoms with Crippen LogP contribution in [0.4, 0.5) is 5.00 Å². The summed E-state index contributed by atoms with van der Waals surface area (Å²) < 4.78 is 0. The van der Waals surface area contributed by atoms with Crippen molar-refractivity contribution in [3.05, 3.63) is 16.0 Å². The average molecular weight is 198 g/mol. The number of nitrogens with two attached hydrogens (primary N) is 1. The number of thiophene rings is 1. The molecule has 1 aromatic heterocycles. The summed E-state index contributed by atoms with van der Waals surface area (Å²) in [6.45, 7) is 3.90. The van der Waals surface area contributed by atoms with E-state index in [1.54, 1.807) is 19.0 Å². The molecule has 0 aliphatic heterocycles. The minimum absolute atomic E-state index is 0.0145. The van der Waals surface area contributed by atoms with Crippen molar-refractivity contribution < 1.29 is 4.79 Å². The van der Waals surface area contributed by atoms with Crippen molar-refractivity contribution in [1.82, 2.24) is 4.90 Å². The van der Waals surface area contributed by atoms with E-state index in [2.05, 4.69) is 0 Å². The van der Waals surface area contributed by atoms with Crippen LogP contribution >= 0.6 is 11.3 Å². The summed E-state index contributed by atoms with van der Waals surface area (Å²) in [5.41, 5.74) is 7.41. The van der Waals surface area contributed by atoms with Crippen LogP contribution in [0.3, 0.4) is 0 Å². The molecule has 0 saturated heterocycles. The lowest BCUT2D eigenvalue weighted by atomic mass is 10.1. The first kappa shape index (κ1) is 10.1. The molecule has 72 valence electrons. The fraction of sp³-hybridized carbons (Fsp3) is 0.444. The van der Waals surface area contributed by atoms with Gasteiger partial charge in [-0.1, -0.05) is 0 Å². The molecule has 13 heavy (non-hydrogen) atoms. The molecule has 1 amide bonds. The Balaban J connectivity index is 3.21. The molecule has 0 unspecified atom stereocenters. The second-order valence-electron chi connectivity index (χ2n) is 3.22. The molecule has 0 atom stereocenters. The first-order chi connectivity index (χ1) is 5.95. The van der Waals surface area contributed by atoms with Crippen LogP contribution in [-0.2, 0) is 0 Å². The third-order valence-electron chi connectivity index (χ3n) is 2.03. The van der Waals surface area contributed by atoms with Crippen molar-refractivity contribution >= 4 is 22.2 Å². The number of aryl methyl sites for hydroxylation is 1. The number of hydrogen-bond acceptors (Lipinski definition) is 3. The fourth-order valence-electron chi connectivity index (χ4n) is 1.14. The summed E-state index contributed by atoms with van der Waals surface area (Å²) in [6.07, 6.45) is 0. The monoisotopic (exact) mass is 198 g/mol.